The van der Waals surface area contributed by atoms with Crippen LogP contribution in [0.1, 0.15) is 17.5 Å². The maximum atomic E-state index is 5.99. The molecule has 0 amide bonds. The first-order chi connectivity index (χ1) is 16.1. The van der Waals surface area contributed by atoms with Gasteiger partial charge in [-0.25, -0.2) is 0 Å². The van der Waals surface area contributed by atoms with Gasteiger partial charge in [-0.3, -0.25) is 0 Å². The zero-order valence-electron chi connectivity index (χ0n) is 19.8. The van der Waals surface area contributed by atoms with Crippen molar-refractivity contribution in [2.75, 3.05) is 78.5 Å². The lowest BCUT2D eigenvalue weighted by molar-refractivity contribution is 0.111. The fraction of sp³-hybridized carbons (Fsp3) is 0.556. The maximum Gasteiger partial charge on any atom is 0.0406 e. The molecule has 2 aliphatic rings. The molecule has 4 rings (SSSR count). The Morgan fingerprint density at radius 2 is 0.758 bits per heavy atom. The number of benzene rings is 2. The molecular formula is C27H38Cl2N4. The summed E-state index contributed by atoms with van der Waals surface area (Å²) in [6, 6.07) is 16.6. The maximum absolute atomic E-state index is 5.99. The van der Waals surface area contributed by atoms with Crippen molar-refractivity contribution in [2.24, 2.45) is 0 Å². The number of piperazine rings is 2. The third-order valence-electron chi connectivity index (χ3n) is 7.14. The number of hydrogen-bond donors (Lipinski definition) is 0. The third kappa shape index (κ3) is 8.54. The summed E-state index contributed by atoms with van der Waals surface area (Å²) in [6.45, 7) is 14.4. The van der Waals surface area contributed by atoms with Crippen molar-refractivity contribution in [3.05, 3.63) is 69.7 Å². The Morgan fingerprint density at radius 1 is 0.455 bits per heavy atom. The van der Waals surface area contributed by atoms with Gasteiger partial charge in [0.25, 0.3) is 0 Å². The van der Waals surface area contributed by atoms with Gasteiger partial charge >= 0.3 is 0 Å². The van der Waals surface area contributed by atoms with Crippen LogP contribution < -0.4 is 0 Å². The highest BCUT2D eigenvalue weighted by molar-refractivity contribution is 6.30. The Hall–Kier alpha value is -1.14. The highest BCUT2D eigenvalue weighted by Crippen LogP contribution is 2.13. The fourth-order valence-electron chi connectivity index (χ4n) is 4.87. The van der Waals surface area contributed by atoms with Gasteiger partial charge in [-0.15, -0.1) is 0 Å². The minimum atomic E-state index is 0.823. The zero-order valence-corrected chi connectivity index (χ0v) is 21.3. The van der Waals surface area contributed by atoms with E-state index >= 15 is 0 Å². The first-order valence-corrected chi connectivity index (χ1v) is 13.3. The zero-order chi connectivity index (χ0) is 22.9. The first kappa shape index (κ1) is 25.0. The predicted octanol–water partition coefficient (Wildman–Crippen LogP) is 4.40. The molecule has 0 radical (unpaired) electrons. The van der Waals surface area contributed by atoms with E-state index in [4.69, 9.17) is 23.2 Å². The largest absolute Gasteiger partial charge is 0.301 e. The van der Waals surface area contributed by atoms with Crippen LogP contribution in [0.2, 0.25) is 10.0 Å². The van der Waals surface area contributed by atoms with Crippen LogP contribution in [0.5, 0.6) is 0 Å². The average molecular weight is 490 g/mol. The normalized spacial score (nSPS) is 19.2. The SMILES string of the molecule is Clc1ccc(CCN2CCN(CCCN3CCN(CCc4ccc(Cl)cc4)CC3)CC2)cc1. The summed E-state index contributed by atoms with van der Waals surface area (Å²) in [4.78, 5) is 10.5. The van der Waals surface area contributed by atoms with E-state index in [1.807, 2.05) is 24.3 Å². The third-order valence-corrected chi connectivity index (χ3v) is 7.64. The van der Waals surface area contributed by atoms with Crippen LogP contribution in [0, 0.1) is 0 Å². The second kappa shape index (κ2) is 13.1. The van der Waals surface area contributed by atoms with Gasteiger partial charge in [0.2, 0.25) is 0 Å². The molecule has 180 valence electrons. The highest BCUT2D eigenvalue weighted by atomic mass is 35.5. The van der Waals surface area contributed by atoms with Crippen molar-refractivity contribution >= 4 is 23.2 Å². The molecule has 2 heterocycles. The van der Waals surface area contributed by atoms with E-state index in [-0.39, 0.29) is 0 Å². The molecule has 2 fully saturated rings. The minimum absolute atomic E-state index is 0.823. The van der Waals surface area contributed by atoms with Gasteiger partial charge in [0.15, 0.2) is 0 Å². The average Bonchev–Trinajstić information content (AvgIpc) is 2.85. The van der Waals surface area contributed by atoms with Crippen molar-refractivity contribution in [2.45, 2.75) is 19.3 Å². The van der Waals surface area contributed by atoms with Crippen LogP contribution in [0.4, 0.5) is 0 Å². The van der Waals surface area contributed by atoms with E-state index in [1.54, 1.807) is 0 Å². The van der Waals surface area contributed by atoms with Crippen molar-refractivity contribution < 1.29 is 0 Å². The summed E-state index contributed by atoms with van der Waals surface area (Å²) in [5.74, 6) is 0. The number of rotatable bonds is 10. The second-order valence-electron chi connectivity index (χ2n) is 9.47. The van der Waals surface area contributed by atoms with E-state index in [0.29, 0.717) is 0 Å². The molecule has 0 saturated carbocycles. The summed E-state index contributed by atoms with van der Waals surface area (Å²) in [6.07, 6.45) is 3.52. The van der Waals surface area contributed by atoms with Crippen molar-refractivity contribution in [3.8, 4) is 0 Å². The van der Waals surface area contributed by atoms with Crippen LogP contribution in [0.25, 0.3) is 0 Å². The van der Waals surface area contributed by atoms with Crippen LogP contribution in [-0.2, 0) is 12.8 Å². The van der Waals surface area contributed by atoms with Crippen LogP contribution in [0.15, 0.2) is 48.5 Å². The Balaban J connectivity index is 1.03. The summed E-state index contributed by atoms with van der Waals surface area (Å²) in [7, 11) is 0. The minimum Gasteiger partial charge on any atom is -0.301 e. The molecule has 0 unspecified atom stereocenters. The topological polar surface area (TPSA) is 13.0 Å². The van der Waals surface area contributed by atoms with Gasteiger partial charge in [0.05, 0.1) is 0 Å². The molecule has 2 saturated heterocycles. The van der Waals surface area contributed by atoms with Crippen LogP contribution >= 0.6 is 23.2 Å². The highest BCUT2D eigenvalue weighted by Gasteiger charge is 2.19. The lowest BCUT2D eigenvalue weighted by Crippen LogP contribution is -2.49. The molecule has 6 heteroatoms. The van der Waals surface area contributed by atoms with Crippen molar-refractivity contribution in [1.82, 2.24) is 19.6 Å². The molecule has 0 spiro atoms. The molecule has 0 aromatic heterocycles. The molecule has 2 aliphatic heterocycles. The van der Waals surface area contributed by atoms with Gasteiger partial charge in [0, 0.05) is 75.5 Å². The monoisotopic (exact) mass is 488 g/mol. The van der Waals surface area contributed by atoms with E-state index in [2.05, 4.69) is 43.9 Å². The van der Waals surface area contributed by atoms with E-state index < -0.39 is 0 Å². The number of hydrogen-bond acceptors (Lipinski definition) is 4. The fourth-order valence-corrected chi connectivity index (χ4v) is 5.12. The quantitative estimate of drug-likeness (QED) is 0.491. The second-order valence-corrected chi connectivity index (χ2v) is 10.3. The van der Waals surface area contributed by atoms with E-state index in [1.165, 1.54) is 83.0 Å². The van der Waals surface area contributed by atoms with Gasteiger partial charge < -0.3 is 19.6 Å². The summed E-state index contributed by atoms with van der Waals surface area (Å²) in [5, 5.41) is 1.65. The van der Waals surface area contributed by atoms with Crippen LogP contribution in [-0.4, -0.2) is 98.1 Å². The Labute approximate surface area is 210 Å². The molecule has 0 bridgehead atoms. The van der Waals surface area contributed by atoms with Crippen molar-refractivity contribution in [3.63, 3.8) is 0 Å². The smallest absolute Gasteiger partial charge is 0.0406 e. The lowest BCUT2D eigenvalue weighted by atomic mass is 10.1. The molecule has 0 aliphatic carbocycles. The summed E-state index contributed by atoms with van der Waals surface area (Å²) < 4.78 is 0. The van der Waals surface area contributed by atoms with Gasteiger partial charge in [-0.05, 0) is 67.7 Å². The van der Waals surface area contributed by atoms with Gasteiger partial charge in [0.1, 0.15) is 0 Å². The molecule has 0 atom stereocenters. The first-order valence-electron chi connectivity index (χ1n) is 12.5. The van der Waals surface area contributed by atoms with Gasteiger partial charge in [-0.2, -0.15) is 0 Å². The molecular weight excluding hydrogens is 451 g/mol. The predicted molar refractivity (Wildman–Crippen MR) is 141 cm³/mol. The Morgan fingerprint density at radius 3 is 1.09 bits per heavy atom. The van der Waals surface area contributed by atoms with Crippen LogP contribution in [0.3, 0.4) is 0 Å². The van der Waals surface area contributed by atoms with E-state index in [0.717, 1.165) is 36.0 Å². The Bertz CT molecular complexity index is 742. The Kier molecular flexibility index (Phi) is 9.90. The lowest BCUT2D eigenvalue weighted by Gasteiger charge is -2.36. The molecule has 2 aromatic rings. The molecule has 0 N–H and O–H groups in total. The van der Waals surface area contributed by atoms with E-state index in [9.17, 15) is 0 Å². The molecule has 2 aromatic carbocycles. The number of nitrogens with zero attached hydrogens (tertiary/aromatic N) is 4. The van der Waals surface area contributed by atoms with Gasteiger partial charge in [-0.1, -0.05) is 47.5 Å². The molecule has 4 nitrogen and oxygen atoms in total. The summed E-state index contributed by atoms with van der Waals surface area (Å²) in [5.41, 5.74) is 2.76. The number of halogens is 2. The molecule has 33 heavy (non-hydrogen) atoms. The summed E-state index contributed by atoms with van der Waals surface area (Å²) >= 11 is 12.0. The standard InChI is InChI=1S/C27H38Cl2N4/c28-26-6-2-24(3-7-26)10-14-32-20-16-30(17-21-32)12-1-13-31-18-22-33(23-19-31)15-11-25-4-8-27(29)9-5-25/h2-9H,1,10-23H2. The van der Waals surface area contributed by atoms with Crippen molar-refractivity contribution in [1.29, 1.82) is 0 Å².